The summed E-state index contributed by atoms with van der Waals surface area (Å²) in [6, 6.07) is 4.20. The molecule has 1 aromatic carbocycles. The van der Waals surface area contributed by atoms with E-state index in [1.54, 1.807) is 23.9 Å². The molecule has 100 valence electrons. The first-order valence-corrected chi connectivity index (χ1v) is 5.91. The van der Waals surface area contributed by atoms with Crippen LogP contribution in [0.25, 0.3) is 0 Å². The van der Waals surface area contributed by atoms with Crippen molar-refractivity contribution in [2.24, 2.45) is 0 Å². The number of carbonyl (C=O) groups excluding carboxylic acids is 1. The van der Waals surface area contributed by atoms with Crippen LogP contribution in [0.15, 0.2) is 24.4 Å². The number of rotatable bonds is 3. The molecule has 0 saturated carbocycles. The molecule has 1 heterocycles. The molecular weight excluding hydrogens is 247 g/mol. The van der Waals surface area contributed by atoms with E-state index in [-0.39, 0.29) is 5.69 Å². The summed E-state index contributed by atoms with van der Waals surface area (Å²) in [5.74, 6) is -0.855. The molecule has 0 atom stereocenters. The number of aryl methyl sites for hydroxylation is 2. The highest BCUT2D eigenvalue weighted by Gasteiger charge is 2.15. The standard InChI is InChI=1S/C13H15FN4O/c1-3-18-7-10(15)12(17-18)13(19)16-11-6-9(14)5-4-8(11)2/h4-7H,3,15H2,1-2H3,(H,16,19). The number of aromatic nitrogens is 2. The fourth-order valence-electron chi connectivity index (χ4n) is 1.69. The van der Waals surface area contributed by atoms with Gasteiger partial charge in [0.1, 0.15) is 5.82 Å². The number of nitrogens with zero attached hydrogens (tertiary/aromatic N) is 2. The molecular formula is C13H15FN4O. The van der Waals surface area contributed by atoms with E-state index in [2.05, 4.69) is 10.4 Å². The number of anilines is 2. The molecule has 0 unspecified atom stereocenters. The monoisotopic (exact) mass is 262 g/mol. The van der Waals surface area contributed by atoms with Crippen molar-refractivity contribution in [1.82, 2.24) is 9.78 Å². The van der Waals surface area contributed by atoms with Crippen LogP contribution in [0, 0.1) is 12.7 Å². The Morgan fingerprint density at radius 3 is 2.89 bits per heavy atom. The van der Waals surface area contributed by atoms with Crippen molar-refractivity contribution in [2.45, 2.75) is 20.4 Å². The maximum absolute atomic E-state index is 13.1. The summed E-state index contributed by atoms with van der Waals surface area (Å²) in [7, 11) is 0. The maximum Gasteiger partial charge on any atom is 0.278 e. The fourth-order valence-corrected chi connectivity index (χ4v) is 1.69. The zero-order valence-electron chi connectivity index (χ0n) is 10.8. The highest BCUT2D eigenvalue weighted by atomic mass is 19.1. The third-order valence-electron chi connectivity index (χ3n) is 2.78. The van der Waals surface area contributed by atoms with Gasteiger partial charge in [-0.3, -0.25) is 9.48 Å². The average Bonchev–Trinajstić information content (AvgIpc) is 2.75. The smallest absolute Gasteiger partial charge is 0.278 e. The molecule has 1 amide bonds. The number of halogens is 1. The SMILES string of the molecule is CCn1cc(N)c(C(=O)Nc2cc(F)ccc2C)n1. The van der Waals surface area contributed by atoms with E-state index in [0.29, 0.717) is 17.9 Å². The Bertz CT molecular complexity index is 621. The molecule has 2 rings (SSSR count). The highest BCUT2D eigenvalue weighted by Crippen LogP contribution is 2.18. The van der Waals surface area contributed by atoms with Crippen LogP contribution in [0.2, 0.25) is 0 Å². The number of nitrogens with two attached hydrogens (primary N) is 1. The predicted molar refractivity (Wildman–Crippen MR) is 71.4 cm³/mol. The van der Waals surface area contributed by atoms with Gasteiger partial charge in [-0.25, -0.2) is 4.39 Å². The van der Waals surface area contributed by atoms with Crippen molar-refractivity contribution in [3.05, 3.63) is 41.5 Å². The van der Waals surface area contributed by atoms with E-state index >= 15 is 0 Å². The summed E-state index contributed by atoms with van der Waals surface area (Å²) in [5, 5.41) is 6.67. The molecule has 0 aliphatic heterocycles. The largest absolute Gasteiger partial charge is 0.396 e. The maximum atomic E-state index is 13.1. The molecule has 3 N–H and O–H groups in total. The summed E-state index contributed by atoms with van der Waals surface area (Å²) in [6.45, 7) is 4.30. The third-order valence-corrected chi connectivity index (χ3v) is 2.78. The van der Waals surface area contributed by atoms with Crippen LogP contribution in [0.5, 0.6) is 0 Å². The van der Waals surface area contributed by atoms with Gasteiger partial charge in [-0.15, -0.1) is 0 Å². The number of hydrogen-bond donors (Lipinski definition) is 2. The molecule has 6 heteroatoms. The highest BCUT2D eigenvalue weighted by molar-refractivity contribution is 6.06. The first-order chi connectivity index (χ1) is 9.01. The van der Waals surface area contributed by atoms with Gasteiger partial charge in [-0.1, -0.05) is 6.07 Å². The molecule has 0 aliphatic rings. The van der Waals surface area contributed by atoms with Gasteiger partial charge in [0, 0.05) is 18.4 Å². The Hall–Kier alpha value is -2.37. The minimum Gasteiger partial charge on any atom is -0.396 e. The third kappa shape index (κ3) is 2.73. The van der Waals surface area contributed by atoms with E-state index in [1.165, 1.54) is 12.1 Å². The van der Waals surface area contributed by atoms with Crippen molar-refractivity contribution in [1.29, 1.82) is 0 Å². The molecule has 0 aliphatic carbocycles. The van der Waals surface area contributed by atoms with Crippen molar-refractivity contribution >= 4 is 17.3 Å². The molecule has 0 radical (unpaired) electrons. The first-order valence-electron chi connectivity index (χ1n) is 5.91. The van der Waals surface area contributed by atoms with Crippen LogP contribution in [0.4, 0.5) is 15.8 Å². The zero-order valence-corrected chi connectivity index (χ0v) is 10.8. The summed E-state index contributed by atoms with van der Waals surface area (Å²) < 4.78 is 14.7. The van der Waals surface area contributed by atoms with Crippen molar-refractivity contribution in [2.75, 3.05) is 11.1 Å². The van der Waals surface area contributed by atoms with Crippen LogP contribution in [0.1, 0.15) is 23.0 Å². The summed E-state index contributed by atoms with van der Waals surface area (Å²) in [6.07, 6.45) is 1.59. The quantitative estimate of drug-likeness (QED) is 0.890. The number of benzene rings is 1. The van der Waals surface area contributed by atoms with E-state index in [4.69, 9.17) is 5.73 Å². The van der Waals surface area contributed by atoms with Gasteiger partial charge in [0.15, 0.2) is 5.69 Å². The molecule has 0 bridgehead atoms. The molecule has 0 saturated heterocycles. The minimum absolute atomic E-state index is 0.144. The van der Waals surface area contributed by atoms with Crippen LogP contribution >= 0.6 is 0 Å². The Morgan fingerprint density at radius 1 is 1.53 bits per heavy atom. The zero-order chi connectivity index (χ0) is 14.0. The lowest BCUT2D eigenvalue weighted by molar-refractivity contribution is 0.102. The molecule has 19 heavy (non-hydrogen) atoms. The lowest BCUT2D eigenvalue weighted by atomic mass is 10.2. The second-order valence-corrected chi connectivity index (χ2v) is 4.20. The Morgan fingerprint density at radius 2 is 2.26 bits per heavy atom. The van der Waals surface area contributed by atoms with Crippen molar-refractivity contribution < 1.29 is 9.18 Å². The summed E-state index contributed by atoms with van der Waals surface area (Å²) >= 11 is 0. The van der Waals surface area contributed by atoms with Crippen LogP contribution in [-0.4, -0.2) is 15.7 Å². The summed E-state index contributed by atoms with van der Waals surface area (Å²) in [5.41, 5.74) is 7.34. The number of nitrogens with one attached hydrogen (secondary N) is 1. The van der Waals surface area contributed by atoms with Crippen LogP contribution < -0.4 is 11.1 Å². The van der Waals surface area contributed by atoms with Gasteiger partial charge in [0.25, 0.3) is 5.91 Å². The first kappa shape index (κ1) is 13.1. The second kappa shape index (κ2) is 5.09. The van der Waals surface area contributed by atoms with E-state index in [9.17, 15) is 9.18 Å². The lowest BCUT2D eigenvalue weighted by Gasteiger charge is -2.07. The van der Waals surface area contributed by atoms with Gasteiger partial charge < -0.3 is 11.1 Å². The Kier molecular flexibility index (Phi) is 3.50. The molecule has 5 nitrogen and oxygen atoms in total. The molecule has 0 spiro atoms. The van der Waals surface area contributed by atoms with Gasteiger partial charge >= 0.3 is 0 Å². The van der Waals surface area contributed by atoms with E-state index < -0.39 is 11.7 Å². The topological polar surface area (TPSA) is 72.9 Å². The Labute approximate surface area is 110 Å². The van der Waals surface area contributed by atoms with E-state index in [1.807, 2.05) is 6.92 Å². The van der Waals surface area contributed by atoms with Gasteiger partial charge in [0.2, 0.25) is 0 Å². The normalized spacial score (nSPS) is 10.5. The van der Waals surface area contributed by atoms with Crippen molar-refractivity contribution in [3.63, 3.8) is 0 Å². The number of hydrogen-bond acceptors (Lipinski definition) is 3. The van der Waals surface area contributed by atoms with Crippen LogP contribution in [-0.2, 0) is 6.54 Å². The number of amides is 1. The molecule has 1 aromatic heterocycles. The van der Waals surface area contributed by atoms with Gasteiger partial charge in [0.05, 0.1) is 5.69 Å². The predicted octanol–water partition coefficient (Wildman–Crippen LogP) is 2.19. The van der Waals surface area contributed by atoms with Crippen LogP contribution in [0.3, 0.4) is 0 Å². The number of nitrogen functional groups attached to an aromatic ring is 1. The lowest BCUT2D eigenvalue weighted by Crippen LogP contribution is -2.15. The Balaban J connectivity index is 2.25. The average molecular weight is 262 g/mol. The minimum atomic E-state index is -0.446. The molecule has 2 aromatic rings. The van der Waals surface area contributed by atoms with Gasteiger partial charge in [-0.05, 0) is 31.5 Å². The van der Waals surface area contributed by atoms with Crippen molar-refractivity contribution in [3.8, 4) is 0 Å². The van der Waals surface area contributed by atoms with Gasteiger partial charge in [-0.2, -0.15) is 5.10 Å². The molecule has 0 fully saturated rings. The second-order valence-electron chi connectivity index (χ2n) is 4.20. The fraction of sp³-hybridized carbons (Fsp3) is 0.231. The number of carbonyl (C=O) groups is 1. The van der Waals surface area contributed by atoms with E-state index in [0.717, 1.165) is 5.56 Å². The summed E-state index contributed by atoms with van der Waals surface area (Å²) in [4.78, 5) is 12.0.